The Balaban J connectivity index is 0. The van der Waals surface area contributed by atoms with Gasteiger partial charge >= 0.3 is 11.4 Å². The molecule has 2 N–H and O–H groups in total. The number of nitrogens with zero attached hydrogens (tertiary/aromatic N) is 6. The van der Waals surface area contributed by atoms with E-state index in [9.17, 15) is 50.0 Å². The van der Waals surface area contributed by atoms with Crippen LogP contribution in [0.1, 0.15) is 156 Å². The second kappa shape index (κ2) is 35.5. The molecule has 2 aromatic carbocycles. The monoisotopic (exact) mass is 969 g/mol. The summed E-state index contributed by atoms with van der Waals surface area (Å²) in [6.07, 6.45) is 9.62. The summed E-state index contributed by atoms with van der Waals surface area (Å²) in [5.41, 5.74) is 1.11. The number of hydrogen-bond acceptors (Lipinski definition) is 14. The largest absolute Gasteiger partial charge is 0.371 e. The van der Waals surface area contributed by atoms with Crippen molar-refractivity contribution in [3.05, 3.63) is 74.8 Å². The number of nitro benzene ring substituents is 4. The molecule has 18 nitrogen and oxygen atoms in total. The molecular formula is C46H80N8O10S2. The van der Waals surface area contributed by atoms with E-state index in [4.69, 9.17) is 0 Å². The first kappa shape index (κ1) is 63.4. The standard InChI is InChI=1S/2C13H19N3O4.2C10H21NOS/c2*1-5-10(6-2)14-12-11(15(17)18)7-8(3)9(4)13(12)16(19)20;2*1-4-7-8-11(6-3)10(12)13-9-5-2/h2*7,10,14H,5-6H2,1-4H3;2*4-9H2,1-3H3. The van der Waals surface area contributed by atoms with Crippen molar-refractivity contribution in [2.45, 2.75) is 173 Å². The van der Waals surface area contributed by atoms with E-state index in [1.54, 1.807) is 27.7 Å². The summed E-state index contributed by atoms with van der Waals surface area (Å²) < 4.78 is 0. The van der Waals surface area contributed by atoms with E-state index in [1.807, 2.05) is 51.3 Å². The smallest absolute Gasteiger partial charge is 0.302 e. The van der Waals surface area contributed by atoms with Crippen LogP contribution in [0.25, 0.3) is 0 Å². The summed E-state index contributed by atoms with van der Waals surface area (Å²) in [6.45, 7) is 30.3. The third kappa shape index (κ3) is 22.2. The number of amides is 2. The minimum Gasteiger partial charge on any atom is -0.371 e. The minimum atomic E-state index is -0.579. The molecule has 0 aliphatic rings. The van der Waals surface area contributed by atoms with E-state index in [2.05, 4.69) is 38.3 Å². The topological polar surface area (TPSA) is 237 Å². The van der Waals surface area contributed by atoms with Crippen LogP contribution >= 0.6 is 23.5 Å². The molecular weight excluding hydrogens is 889 g/mol. The second-order valence-electron chi connectivity index (χ2n) is 15.6. The van der Waals surface area contributed by atoms with E-state index in [-0.39, 0.29) is 56.7 Å². The molecule has 376 valence electrons. The molecule has 2 amide bonds. The number of unbranched alkanes of at least 4 members (excludes halogenated alkanes) is 2. The van der Waals surface area contributed by atoms with Crippen molar-refractivity contribution in [1.82, 2.24) is 9.80 Å². The van der Waals surface area contributed by atoms with Crippen LogP contribution in [0.3, 0.4) is 0 Å². The molecule has 0 aliphatic carbocycles. The lowest BCUT2D eigenvalue weighted by atomic mass is 10.0. The van der Waals surface area contributed by atoms with Crippen LogP contribution in [-0.2, 0) is 0 Å². The molecule has 0 heterocycles. The van der Waals surface area contributed by atoms with Crippen molar-refractivity contribution in [3.8, 4) is 0 Å². The molecule has 0 aliphatic heterocycles. The Labute approximate surface area is 402 Å². The molecule has 0 saturated carbocycles. The van der Waals surface area contributed by atoms with Crippen molar-refractivity contribution >= 4 is 68.1 Å². The number of nitro groups is 4. The van der Waals surface area contributed by atoms with Crippen molar-refractivity contribution in [1.29, 1.82) is 0 Å². The molecule has 66 heavy (non-hydrogen) atoms. The zero-order valence-electron chi connectivity index (χ0n) is 42.2. The highest BCUT2D eigenvalue weighted by atomic mass is 32.2. The van der Waals surface area contributed by atoms with Gasteiger partial charge in [-0.25, -0.2) is 0 Å². The first-order chi connectivity index (χ1) is 31.2. The minimum absolute atomic E-state index is 0.0109. The molecule has 0 saturated heterocycles. The summed E-state index contributed by atoms with van der Waals surface area (Å²) in [6, 6.07) is 2.70. The number of carbonyl (C=O) groups excluding carboxylic acids is 2. The van der Waals surface area contributed by atoms with Gasteiger partial charge in [0.15, 0.2) is 11.4 Å². The Morgan fingerprint density at radius 2 is 0.833 bits per heavy atom. The van der Waals surface area contributed by atoms with E-state index < -0.39 is 19.7 Å². The zero-order valence-corrected chi connectivity index (χ0v) is 43.8. The number of carbonyl (C=O) groups is 2. The van der Waals surface area contributed by atoms with Crippen LogP contribution in [0.15, 0.2) is 12.1 Å². The van der Waals surface area contributed by atoms with Crippen molar-refractivity contribution < 1.29 is 29.3 Å². The SMILES string of the molecule is CCC(CC)Nc1c([N+](=O)[O-])cc(C)c(C)c1[N+](=O)[O-].CCC(CC)Nc1c([N+](=O)[O-])cc(C)c(C)c1[N+](=O)[O-].CCCCN(CC)C(=O)SCCC.CCCCN(CC)C(=O)SCCC. The van der Waals surface area contributed by atoms with Crippen LogP contribution < -0.4 is 10.6 Å². The maximum absolute atomic E-state index is 11.5. The lowest BCUT2D eigenvalue weighted by Gasteiger charge is -2.19. The van der Waals surface area contributed by atoms with Crippen LogP contribution in [0.4, 0.5) is 43.7 Å². The molecule has 2 aromatic rings. The first-order valence-electron chi connectivity index (χ1n) is 23.4. The number of anilines is 2. The Bertz CT molecular complexity index is 1700. The van der Waals surface area contributed by atoms with E-state index >= 15 is 0 Å². The predicted octanol–water partition coefficient (Wildman–Crippen LogP) is 14.2. The normalized spacial score (nSPS) is 10.4. The number of hydrogen-bond donors (Lipinski definition) is 2. The van der Waals surface area contributed by atoms with E-state index in [0.717, 1.165) is 102 Å². The molecule has 0 aromatic heterocycles. The van der Waals surface area contributed by atoms with Gasteiger partial charge in [-0.3, -0.25) is 50.0 Å². The number of rotatable bonds is 24. The van der Waals surface area contributed by atoms with Crippen LogP contribution in [0.2, 0.25) is 0 Å². The zero-order chi connectivity index (χ0) is 51.1. The number of benzene rings is 2. The Kier molecular flexibility index (Phi) is 34.1. The van der Waals surface area contributed by atoms with Gasteiger partial charge in [0.2, 0.25) is 0 Å². The molecule has 0 spiro atoms. The lowest BCUT2D eigenvalue weighted by molar-refractivity contribution is -0.393. The molecule has 2 rings (SSSR count). The second-order valence-corrected chi connectivity index (χ2v) is 17.7. The van der Waals surface area contributed by atoms with Gasteiger partial charge in [-0.15, -0.1) is 0 Å². The Hall–Kier alpha value is -4.72. The number of nitrogens with one attached hydrogen (secondary N) is 2. The predicted molar refractivity (Wildman–Crippen MR) is 275 cm³/mol. The van der Waals surface area contributed by atoms with Gasteiger partial charge in [0.1, 0.15) is 0 Å². The fourth-order valence-corrected chi connectivity index (χ4v) is 7.76. The Morgan fingerprint density at radius 1 is 0.530 bits per heavy atom. The molecule has 0 atom stereocenters. The molecule has 0 unspecified atom stereocenters. The van der Waals surface area contributed by atoms with Crippen LogP contribution in [-0.4, -0.2) is 89.7 Å². The maximum Gasteiger partial charge on any atom is 0.302 e. The third-order valence-electron chi connectivity index (χ3n) is 10.7. The maximum atomic E-state index is 11.5. The molecule has 20 heteroatoms. The van der Waals surface area contributed by atoms with Gasteiger partial charge in [-0.2, -0.15) is 0 Å². The summed E-state index contributed by atoms with van der Waals surface area (Å²) in [4.78, 5) is 69.5. The first-order valence-corrected chi connectivity index (χ1v) is 25.4. The summed E-state index contributed by atoms with van der Waals surface area (Å²) in [7, 11) is 0. The summed E-state index contributed by atoms with van der Waals surface area (Å²) in [5.74, 6) is 1.89. The van der Waals surface area contributed by atoms with Crippen molar-refractivity contribution in [2.24, 2.45) is 0 Å². The van der Waals surface area contributed by atoms with Gasteiger partial charge < -0.3 is 20.4 Å². The molecule has 0 fully saturated rings. The van der Waals surface area contributed by atoms with Crippen molar-refractivity contribution in [2.75, 3.05) is 48.3 Å². The van der Waals surface area contributed by atoms with Crippen LogP contribution in [0.5, 0.6) is 0 Å². The van der Waals surface area contributed by atoms with Crippen LogP contribution in [0, 0.1) is 68.2 Å². The number of aryl methyl sites for hydroxylation is 2. The molecule has 0 radical (unpaired) electrons. The Morgan fingerprint density at radius 3 is 1.05 bits per heavy atom. The highest BCUT2D eigenvalue weighted by molar-refractivity contribution is 8.13. The highest BCUT2D eigenvalue weighted by Gasteiger charge is 2.31. The van der Waals surface area contributed by atoms with Gasteiger partial charge in [-0.1, -0.05) is 91.8 Å². The van der Waals surface area contributed by atoms with Crippen molar-refractivity contribution in [3.63, 3.8) is 0 Å². The van der Waals surface area contributed by atoms with Gasteiger partial charge in [-0.05, 0) is 104 Å². The van der Waals surface area contributed by atoms with Gasteiger partial charge in [0.25, 0.3) is 21.9 Å². The summed E-state index contributed by atoms with van der Waals surface area (Å²) >= 11 is 2.89. The van der Waals surface area contributed by atoms with E-state index in [0.29, 0.717) is 22.3 Å². The summed E-state index contributed by atoms with van der Waals surface area (Å²) in [5, 5.41) is 51.3. The fraction of sp³-hybridized carbons (Fsp3) is 0.696. The quantitative estimate of drug-likeness (QED) is 0.0735. The third-order valence-corrected chi connectivity index (χ3v) is 12.9. The number of thioether (sulfide) groups is 2. The van der Waals surface area contributed by atoms with E-state index in [1.165, 1.54) is 35.7 Å². The average molecular weight is 969 g/mol. The van der Waals surface area contributed by atoms with Gasteiger partial charge in [0, 0.05) is 73.0 Å². The molecule has 0 bridgehead atoms. The fourth-order valence-electron chi connectivity index (χ4n) is 6.20. The lowest BCUT2D eigenvalue weighted by Crippen LogP contribution is -2.28. The highest BCUT2D eigenvalue weighted by Crippen LogP contribution is 2.41. The average Bonchev–Trinajstić information content (AvgIpc) is 3.28. The van der Waals surface area contributed by atoms with Gasteiger partial charge in [0.05, 0.1) is 19.7 Å².